The Balaban J connectivity index is 2.77. The molecule has 1 aromatic rings. The van der Waals surface area contributed by atoms with E-state index in [4.69, 9.17) is 5.73 Å². The summed E-state index contributed by atoms with van der Waals surface area (Å²) in [6.45, 7) is 5.14. The van der Waals surface area contributed by atoms with Crippen LogP contribution < -0.4 is 5.73 Å². The summed E-state index contributed by atoms with van der Waals surface area (Å²) in [5.74, 6) is -1.05. The summed E-state index contributed by atoms with van der Waals surface area (Å²) < 4.78 is 26.3. The minimum absolute atomic E-state index is 0.102. The fourth-order valence-electron chi connectivity index (χ4n) is 1.66. The topological polar surface area (TPSA) is 29.3 Å². The van der Waals surface area contributed by atoms with E-state index in [-0.39, 0.29) is 5.54 Å². The standard InChI is InChI=1S/C13H20F2N2/c1-13(2,6-7-16)17(3)9-10-4-5-11(14)8-12(10)15/h4-5,8H,6-7,9,16H2,1-3H3. The van der Waals surface area contributed by atoms with Gasteiger partial charge in [-0.05, 0) is 39.9 Å². The third-order valence-electron chi connectivity index (χ3n) is 3.21. The predicted molar refractivity (Wildman–Crippen MR) is 65.6 cm³/mol. The first kappa shape index (κ1) is 14.1. The summed E-state index contributed by atoms with van der Waals surface area (Å²) >= 11 is 0. The first-order valence-corrected chi connectivity index (χ1v) is 5.72. The Kier molecular flexibility index (Phi) is 4.60. The van der Waals surface area contributed by atoms with Gasteiger partial charge in [0.05, 0.1) is 0 Å². The number of halogens is 2. The number of nitrogens with two attached hydrogens (primary N) is 1. The first-order valence-electron chi connectivity index (χ1n) is 5.72. The highest BCUT2D eigenvalue weighted by Gasteiger charge is 2.23. The highest BCUT2D eigenvalue weighted by Crippen LogP contribution is 2.20. The Morgan fingerprint density at radius 3 is 2.47 bits per heavy atom. The zero-order valence-corrected chi connectivity index (χ0v) is 10.6. The van der Waals surface area contributed by atoms with Crippen LogP contribution >= 0.6 is 0 Å². The van der Waals surface area contributed by atoms with Gasteiger partial charge in [0, 0.05) is 23.7 Å². The van der Waals surface area contributed by atoms with Crippen molar-refractivity contribution in [3.63, 3.8) is 0 Å². The monoisotopic (exact) mass is 242 g/mol. The lowest BCUT2D eigenvalue weighted by molar-refractivity contribution is 0.138. The van der Waals surface area contributed by atoms with E-state index in [0.717, 1.165) is 12.5 Å². The quantitative estimate of drug-likeness (QED) is 0.859. The molecule has 0 aliphatic heterocycles. The van der Waals surface area contributed by atoms with Crippen LogP contribution in [-0.4, -0.2) is 24.0 Å². The molecule has 0 saturated heterocycles. The average molecular weight is 242 g/mol. The van der Waals surface area contributed by atoms with Crippen molar-refractivity contribution in [1.29, 1.82) is 0 Å². The molecule has 0 heterocycles. The molecule has 0 fully saturated rings. The van der Waals surface area contributed by atoms with Crippen molar-refractivity contribution in [2.75, 3.05) is 13.6 Å². The highest BCUT2D eigenvalue weighted by molar-refractivity contribution is 5.18. The molecule has 96 valence electrons. The summed E-state index contributed by atoms with van der Waals surface area (Å²) in [5, 5.41) is 0. The van der Waals surface area contributed by atoms with Gasteiger partial charge < -0.3 is 5.73 Å². The molecule has 1 rings (SSSR count). The predicted octanol–water partition coefficient (Wildman–Crippen LogP) is 2.52. The van der Waals surface area contributed by atoms with Gasteiger partial charge >= 0.3 is 0 Å². The second-order valence-electron chi connectivity index (χ2n) is 4.94. The van der Waals surface area contributed by atoms with Crippen molar-refractivity contribution >= 4 is 0 Å². The Labute approximate surface area is 101 Å². The maximum atomic E-state index is 13.5. The van der Waals surface area contributed by atoms with Gasteiger partial charge in [0.25, 0.3) is 0 Å². The molecule has 0 saturated carbocycles. The summed E-state index contributed by atoms with van der Waals surface area (Å²) in [6.07, 6.45) is 0.826. The number of nitrogens with zero attached hydrogens (tertiary/aromatic N) is 1. The number of hydrogen-bond acceptors (Lipinski definition) is 2. The Morgan fingerprint density at radius 1 is 1.29 bits per heavy atom. The highest BCUT2D eigenvalue weighted by atomic mass is 19.1. The van der Waals surface area contributed by atoms with Crippen molar-refractivity contribution in [2.24, 2.45) is 5.73 Å². The van der Waals surface area contributed by atoms with Gasteiger partial charge in [0.15, 0.2) is 0 Å². The van der Waals surface area contributed by atoms with Crippen molar-refractivity contribution in [3.05, 3.63) is 35.4 Å². The van der Waals surface area contributed by atoms with Gasteiger partial charge in [0.2, 0.25) is 0 Å². The van der Waals surface area contributed by atoms with Gasteiger partial charge in [-0.2, -0.15) is 0 Å². The lowest BCUT2D eigenvalue weighted by Crippen LogP contribution is -2.42. The molecule has 0 bridgehead atoms. The van der Waals surface area contributed by atoms with Crippen molar-refractivity contribution in [2.45, 2.75) is 32.4 Å². The molecule has 0 amide bonds. The Morgan fingerprint density at radius 2 is 1.94 bits per heavy atom. The molecule has 0 atom stereocenters. The molecule has 17 heavy (non-hydrogen) atoms. The van der Waals surface area contributed by atoms with E-state index in [1.807, 2.05) is 11.9 Å². The van der Waals surface area contributed by atoms with E-state index in [1.165, 1.54) is 12.1 Å². The third-order valence-corrected chi connectivity index (χ3v) is 3.21. The minimum atomic E-state index is -0.546. The van der Waals surface area contributed by atoms with Crippen LogP contribution in [0.2, 0.25) is 0 Å². The van der Waals surface area contributed by atoms with Crippen molar-refractivity contribution < 1.29 is 8.78 Å². The molecular weight excluding hydrogens is 222 g/mol. The maximum Gasteiger partial charge on any atom is 0.130 e. The smallest absolute Gasteiger partial charge is 0.130 e. The molecule has 0 radical (unpaired) electrons. The molecule has 2 nitrogen and oxygen atoms in total. The molecular formula is C13H20F2N2. The van der Waals surface area contributed by atoms with E-state index in [2.05, 4.69) is 13.8 Å². The van der Waals surface area contributed by atoms with Crippen molar-refractivity contribution in [3.8, 4) is 0 Å². The lowest BCUT2D eigenvalue weighted by Gasteiger charge is -2.35. The number of hydrogen-bond donors (Lipinski definition) is 1. The largest absolute Gasteiger partial charge is 0.330 e. The molecule has 0 aliphatic rings. The van der Waals surface area contributed by atoms with Crippen LogP contribution in [0.5, 0.6) is 0 Å². The van der Waals surface area contributed by atoms with Crippen LogP contribution in [0.1, 0.15) is 25.8 Å². The number of benzene rings is 1. The SMILES string of the molecule is CN(Cc1ccc(F)cc1F)C(C)(C)CCN. The molecule has 2 N–H and O–H groups in total. The van der Waals surface area contributed by atoms with E-state index in [0.29, 0.717) is 18.7 Å². The molecule has 0 unspecified atom stereocenters. The lowest BCUT2D eigenvalue weighted by atomic mass is 9.98. The van der Waals surface area contributed by atoms with Crippen LogP contribution in [0, 0.1) is 11.6 Å². The van der Waals surface area contributed by atoms with Crippen LogP contribution in [0.15, 0.2) is 18.2 Å². The van der Waals surface area contributed by atoms with E-state index in [1.54, 1.807) is 0 Å². The fraction of sp³-hybridized carbons (Fsp3) is 0.538. The molecule has 4 heteroatoms. The summed E-state index contributed by atoms with van der Waals surface area (Å²) in [5.41, 5.74) is 5.94. The van der Waals surface area contributed by atoms with E-state index >= 15 is 0 Å². The zero-order valence-electron chi connectivity index (χ0n) is 10.6. The minimum Gasteiger partial charge on any atom is -0.330 e. The van der Waals surface area contributed by atoms with Crippen molar-refractivity contribution in [1.82, 2.24) is 4.90 Å². The Hall–Kier alpha value is -1.00. The molecule has 0 spiro atoms. The van der Waals surface area contributed by atoms with Crippen LogP contribution in [-0.2, 0) is 6.54 Å². The van der Waals surface area contributed by atoms with Crippen LogP contribution in [0.3, 0.4) is 0 Å². The van der Waals surface area contributed by atoms with Gasteiger partial charge in [-0.15, -0.1) is 0 Å². The third kappa shape index (κ3) is 3.75. The maximum absolute atomic E-state index is 13.5. The van der Waals surface area contributed by atoms with E-state index < -0.39 is 11.6 Å². The number of rotatable bonds is 5. The molecule has 0 aromatic heterocycles. The molecule has 1 aromatic carbocycles. The van der Waals surface area contributed by atoms with E-state index in [9.17, 15) is 8.78 Å². The summed E-state index contributed by atoms with van der Waals surface area (Å²) in [6, 6.07) is 3.68. The Bertz CT molecular complexity index is 378. The van der Waals surface area contributed by atoms with Gasteiger partial charge in [0.1, 0.15) is 11.6 Å². The fourth-order valence-corrected chi connectivity index (χ4v) is 1.66. The first-order chi connectivity index (χ1) is 7.86. The molecule has 0 aliphatic carbocycles. The van der Waals surface area contributed by atoms with Crippen LogP contribution in [0.4, 0.5) is 8.78 Å². The summed E-state index contributed by atoms with van der Waals surface area (Å²) in [4.78, 5) is 2.02. The zero-order chi connectivity index (χ0) is 13.1. The second kappa shape index (κ2) is 5.56. The average Bonchev–Trinajstić information content (AvgIpc) is 2.22. The van der Waals surface area contributed by atoms with Gasteiger partial charge in [-0.1, -0.05) is 6.07 Å². The van der Waals surface area contributed by atoms with Gasteiger partial charge in [-0.3, -0.25) is 4.90 Å². The second-order valence-corrected chi connectivity index (χ2v) is 4.94. The summed E-state index contributed by atoms with van der Waals surface area (Å²) in [7, 11) is 1.92. The normalized spacial score (nSPS) is 12.2. The van der Waals surface area contributed by atoms with Crippen LogP contribution in [0.25, 0.3) is 0 Å². The van der Waals surface area contributed by atoms with Gasteiger partial charge in [-0.25, -0.2) is 8.78 Å².